The van der Waals surface area contributed by atoms with Crippen LogP contribution >= 0.6 is 0 Å². The first kappa shape index (κ1) is 13.3. The third kappa shape index (κ3) is 5.13. The molecule has 1 rings (SSSR count). The molecule has 0 spiro atoms. The summed E-state index contributed by atoms with van der Waals surface area (Å²) >= 11 is 0. The van der Waals surface area contributed by atoms with Crippen LogP contribution in [0.4, 0.5) is 0 Å². The maximum absolute atomic E-state index is 4.05. The van der Waals surface area contributed by atoms with Gasteiger partial charge in [-0.25, -0.2) is 6.42 Å². The van der Waals surface area contributed by atoms with Crippen LogP contribution in [0, 0.1) is 60.6 Å². The maximum atomic E-state index is 4.05. The molecule has 0 amide bonds. The summed E-state index contributed by atoms with van der Waals surface area (Å²) in [6, 6.07) is 0. The van der Waals surface area contributed by atoms with Crippen molar-refractivity contribution >= 4 is 0 Å². The van der Waals surface area contributed by atoms with Crippen LogP contribution < -0.4 is 0 Å². The molecule has 0 N–H and O–H groups in total. The SMILES string of the molecule is [CH2-]C[C@H]([CH2-])CN1CCCCC1.[Nd]. The van der Waals surface area contributed by atoms with E-state index in [1.165, 1.54) is 32.4 Å². The van der Waals surface area contributed by atoms with Gasteiger partial charge in [0.15, 0.2) is 0 Å². The van der Waals surface area contributed by atoms with Crippen molar-refractivity contribution in [2.75, 3.05) is 19.6 Å². The predicted molar refractivity (Wildman–Crippen MR) is 49.1 cm³/mol. The summed E-state index contributed by atoms with van der Waals surface area (Å²) in [7, 11) is 0. The van der Waals surface area contributed by atoms with E-state index in [0.717, 1.165) is 13.0 Å². The zero-order valence-electron chi connectivity index (χ0n) is 7.89. The number of hydrogen-bond acceptors (Lipinski definition) is 1. The van der Waals surface area contributed by atoms with Crippen LogP contribution in [-0.4, -0.2) is 24.5 Å². The number of hydrogen-bond donors (Lipinski definition) is 0. The van der Waals surface area contributed by atoms with Gasteiger partial charge >= 0.3 is 0 Å². The fourth-order valence-corrected chi connectivity index (χ4v) is 1.60. The average molecular weight is 298 g/mol. The predicted octanol–water partition coefficient (Wildman–Crippen LogP) is 2.15. The van der Waals surface area contributed by atoms with E-state index >= 15 is 0 Å². The van der Waals surface area contributed by atoms with Gasteiger partial charge in [-0.3, -0.25) is 0 Å². The number of likely N-dealkylation sites (tertiary alicyclic amines) is 1. The fraction of sp³-hybridized carbons (Fsp3) is 0.800. The Hall–Kier alpha value is 1.31. The molecule has 2 heteroatoms. The number of nitrogens with zero attached hydrogens (tertiary/aromatic N) is 1. The van der Waals surface area contributed by atoms with Gasteiger partial charge in [-0.1, -0.05) is 6.42 Å². The minimum absolute atomic E-state index is 0. The minimum atomic E-state index is 0. The van der Waals surface area contributed by atoms with Crippen LogP contribution in [0.15, 0.2) is 0 Å². The van der Waals surface area contributed by atoms with Crippen molar-refractivity contribution < 1.29 is 40.8 Å². The summed E-state index contributed by atoms with van der Waals surface area (Å²) in [6.45, 7) is 11.6. The van der Waals surface area contributed by atoms with E-state index in [9.17, 15) is 0 Å². The van der Waals surface area contributed by atoms with Gasteiger partial charge < -0.3 is 18.7 Å². The third-order valence-electron chi connectivity index (χ3n) is 2.37. The molecule has 1 saturated heterocycles. The molecule has 0 bridgehead atoms. The van der Waals surface area contributed by atoms with Crippen molar-refractivity contribution in [2.24, 2.45) is 5.92 Å². The largest absolute Gasteiger partial charge is 0.345 e. The van der Waals surface area contributed by atoms with E-state index in [2.05, 4.69) is 18.7 Å². The molecule has 1 aliphatic heterocycles. The van der Waals surface area contributed by atoms with Gasteiger partial charge in [-0.2, -0.15) is 5.92 Å². The monoisotopic (exact) mass is 295 g/mol. The third-order valence-corrected chi connectivity index (χ3v) is 2.37. The first-order valence-electron chi connectivity index (χ1n) is 4.67. The van der Waals surface area contributed by atoms with Gasteiger partial charge in [0.2, 0.25) is 0 Å². The zero-order valence-corrected chi connectivity index (χ0v) is 11.1. The Morgan fingerprint density at radius 2 is 1.75 bits per heavy atom. The van der Waals surface area contributed by atoms with Crippen molar-refractivity contribution in [3.05, 3.63) is 13.8 Å². The molecular formula is C10H19NNd-2. The van der Waals surface area contributed by atoms with Crippen LogP contribution in [0.25, 0.3) is 0 Å². The van der Waals surface area contributed by atoms with Gasteiger partial charge in [0.1, 0.15) is 0 Å². The normalized spacial score (nSPS) is 21.5. The van der Waals surface area contributed by atoms with Crippen LogP contribution in [0.2, 0.25) is 0 Å². The molecule has 1 aliphatic rings. The molecule has 0 radical (unpaired) electrons. The van der Waals surface area contributed by atoms with E-state index < -0.39 is 0 Å². The summed E-state index contributed by atoms with van der Waals surface area (Å²) in [5.74, 6) is 0.535. The van der Waals surface area contributed by atoms with Gasteiger partial charge in [-0.05, 0) is 32.5 Å². The van der Waals surface area contributed by atoms with E-state index in [4.69, 9.17) is 0 Å². The van der Waals surface area contributed by atoms with Crippen molar-refractivity contribution in [2.45, 2.75) is 25.7 Å². The maximum Gasteiger partial charge on any atom is 0 e. The molecule has 12 heavy (non-hydrogen) atoms. The molecule has 0 aromatic rings. The summed E-state index contributed by atoms with van der Waals surface area (Å²) in [5, 5.41) is 0. The molecule has 1 atom stereocenters. The summed E-state index contributed by atoms with van der Waals surface area (Å²) in [6.07, 6.45) is 5.15. The van der Waals surface area contributed by atoms with Crippen LogP contribution in [0.3, 0.4) is 0 Å². The Bertz CT molecular complexity index is 100. The van der Waals surface area contributed by atoms with Crippen LogP contribution in [0.5, 0.6) is 0 Å². The van der Waals surface area contributed by atoms with Crippen molar-refractivity contribution in [1.29, 1.82) is 0 Å². The second-order valence-electron chi connectivity index (χ2n) is 3.52. The second kappa shape index (κ2) is 7.69. The van der Waals surface area contributed by atoms with E-state index in [-0.39, 0.29) is 40.8 Å². The Morgan fingerprint density at radius 1 is 1.17 bits per heavy atom. The molecule has 1 fully saturated rings. The molecule has 0 saturated carbocycles. The van der Waals surface area contributed by atoms with E-state index in [1.54, 1.807) is 0 Å². The number of piperidine rings is 1. The fourth-order valence-electron chi connectivity index (χ4n) is 1.60. The Morgan fingerprint density at radius 3 is 2.25 bits per heavy atom. The zero-order chi connectivity index (χ0) is 8.10. The topological polar surface area (TPSA) is 3.24 Å². The van der Waals surface area contributed by atoms with Gasteiger partial charge in [0, 0.05) is 40.8 Å². The molecular weight excluding hydrogens is 278 g/mol. The minimum Gasteiger partial charge on any atom is -0.345 e. The average Bonchev–Trinajstić information content (AvgIpc) is 2.06. The van der Waals surface area contributed by atoms with Gasteiger partial charge in [-0.15, -0.1) is 0 Å². The quantitative estimate of drug-likeness (QED) is 0.722. The standard InChI is InChI=1S/C10H19N.Nd/c1-3-10(2)9-11-7-5-4-6-8-11;/h10H,1-9H2;/q-2;/t10-;/m0./s1. The van der Waals surface area contributed by atoms with Crippen LogP contribution in [-0.2, 0) is 0 Å². The van der Waals surface area contributed by atoms with Crippen molar-refractivity contribution in [3.8, 4) is 0 Å². The van der Waals surface area contributed by atoms with Gasteiger partial charge in [0.25, 0.3) is 0 Å². The second-order valence-corrected chi connectivity index (χ2v) is 3.52. The summed E-state index contributed by atoms with van der Waals surface area (Å²) < 4.78 is 0. The van der Waals surface area contributed by atoms with E-state index in [1.807, 2.05) is 0 Å². The molecule has 1 nitrogen and oxygen atoms in total. The van der Waals surface area contributed by atoms with Crippen molar-refractivity contribution in [1.82, 2.24) is 4.90 Å². The summed E-state index contributed by atoms with van der Waals surface area (Å²) in [5.41, 5.74) is 0. The molecule has 0 aromatic heterocycles. The Balaban J connectivity index is 0.00000121. The Kier molecular flexibility index (Phi) is 8.53. The smallest absolute Gasteiger partial charge is 0 e. The summed E-state index contributed by atoms with van der Waals surface area (Å²) in [4.78, 5) is 2.52. The van der Waals surface area contributed by atoms with E-state index in [0.29, 0.717) is 5.92 Å². The molecule has 0 aliphatic carbocycles. The first-order valence-corrected chi connectivity index (χ1v) is 4.67. The van der Waals surface area contributed by atoms with Crippen molar-refractivity contribution in [3.63, 3.8) is 0 Å². The molecule has 0 aromatic carbocycles. The first-order chi connectivity index (χ1) is 5.33. The Labute approximate surface area is 110 Å². The van der Waals surface area contributed by atoms with Gasteiger partial charge in [0.05, 0.1) is 0 Å². The molecule has 0 unspecified atom stereocenters. The molecule has 70 valence electrons. The van der Waals surface area contributed by atoms with Crippen LogP contribution in [0.1, 0.15) is 25.7 Å². The number of rotatable bonds is 3. The molecule has 1 heterocycles.